The van der Waals surface area contributed by atoms with Crippen molar-refractivity contribution >= 4 is 6.08 Å². The molecule has 1 aliphatic carbocycles. The van der Waals surface area contributed by atoms with E-state index in [1.165, 1.54) is 0 Å². The highest BCUT2D eigenvalue weighted by molar-refractivity contribution is 5.44. The van der Waals surface area contributed by atoms with Gasteiger partial charge in [-0.05, 0) is 49.4 Å². The first-order valence-electron chi connectivity index (χ1n) is 5.07. The number of phenols is 1. The van der Waals surface area contributed by atoms with Gasteiger partial charge in [0.25, 0.3) is 0 Å². The van der Waals surface area contributed by atoms with Crippen LogP contribution in [0.15, 0.2) is 23.2 Å². The normalized spacial score (nSPS) is 24.1. The van der Waals surface area contributed by atoms with Crippen molar-refractivity contribution in [3.63, 3.8) is 0 Å². The van der Waals surface area contributed by atoms with Gasteiger partial charge in [0.05, 0.1) is 5.54 Å². The van der Waals surface area contributed by atoms with E-state index < -0.39 is 5.54 Å². The van der Waals surface area contributed by atoms with E-state index >= 15 is 0 Å². The van der Waals surface area contributed by atoms with Crippen LogP contribution in [0, 0.1) is 0 Å². The third-order valence-electron chi connectivity index (χ3n) is 3.07. The maximum Gasteiger partial charge on any atom is 0.235 e. The Labute approximate surface area is 88.5 Å². The van der Waals surface area contributed by atoms with Crippen LogP contribution in [0.3, 0.4) is 0 Å². The number of hydrogen-bond donors (Lipinski definition) is 1. The molecule has 0 radical (unpaired) electrons. The van der Waals surface area contributed by atoms with E-state index in [1.807, 2.05) is 13.0 Å². The first-order valence-corrected chi connectivity index (χ1v) is 5.07. The maximum atomic E-state index is 10.4. The molecule has 0 fully saturated rings. The fourth-order valence-corrected chi connectivity index (χ4v) is 2.29. The summed E-state index contributed by atoms with van der Waals surface area (Å²) in [6.45, 7) is 1.94. The Balaban J connectivity index is 2.56. The Bertz CT molecular complexity index is 435. The van der Waals surface area contributed by atoms with Crippen molar-refractivity contribution in [1.82, 2.24) is 0 Å². The van der Waals surface area contributed by atoms with Gasteiger partial charge in [0.1, 0.15) is 5.75 Å². The van der Waals surface area contributed by atoms with Crippen molar-refractivity contribution in [2.45, 2.75) is 31.7 Å². The molecule has 0 bridgehead atoms. The molecule has 1 aliphatic rings. The molecule has 0 heterocycles. The van der Waals surface area contributed by atoms with Gasteiger partial charge < -0.3 is 5.11 Å². The molecule has 78 valence electrons. The fourth-order valence-electron chi connectivity index (χ4n) is 2.29. The van der Waals surface area contributed by atoms with Crippen molar-refractivity contribution in [2.75, 3.05) is 0 Å². The van der Waals surface area contributed by atoms with Crippen LogP contribution in [0.2, 0.25) is 0 Å². The van der Waals surface area contributed by atoms with Crippen LogP contribution in [0.1, 0.15) is 30.9 Å². The molecule has 1 aromatic rings. The monoisotopic (exact) mass is 203 g/mol. The Hall–Kier alpha value is -1.60. The van der Waals surface area contributed by atoms with Crippen LogP contribution >= 0.6 is 0 Å². The molecule has 0 amide bonds. The topological polar surface area (TPSA) is 49.7 Å². The number of phenolic OH excluding ortho intramolecular Hbond substituents is 1. The van der Waals surface area contributed by atoms with E-state index in [-0.39, 0.29) is 5.75 Å². The standard InChI is InChI=1S/C12H13NO2/c1-12(13-8-14)6-2-3-9-7-10(15)4-5-11(9)12/h4-5,7,15H,2-3,6H2,1H3. The van der Waals surface area contributed by atoms with Crippen LogP contribution in [-0.4, -0.2) is 11.2 Å². The predicted octanol–water partition coefficient (Wildman–Crippen LogP) is 2.28. The molecular weight excluding hydrogens is 190 g/mol. The molecule has 0 aromatic heterocycles. The first kappa shape index (κ1) is 9.94. The highest BCUT2D eigenvalue weighted by atomic mass is 16.3. The number of nitrogens with zero attached hydrogens (tertiary/aromatic N) is 1. The Kier molecular flexibility index (Phi) is 2.33. The molecule has 15 heavy (non-hydrogen) atoms. The third kappa shape index (κ3) is 1.66. The van der Waals surface area contributed by atoms with Gasteiger partial charge in [-0.15, -0.1) is 0 Å². The van der Waals surface area contributed by atoms with Gasteiger partial charge in [-0.1, -0.05) is 6.07 Å². The SMILES string of the molecule is CC1(N=C=O)CCCc2cc(O)ccc21. The number of aromatic hydroxyl groups is 1. The summed E-state index contributed by atoms with van der Waals surface area (Å²) >= 11 is 0. The Morgan fingerprint density at radius 3 is 3.07 bits per heavy atom. The van der Waals surface area contributed by atoms with Crippen LogP contribution in [0.25, 0.3) is 0 Å². The molecule has 0 saturated carbocycles. The quantitative estimate of drug-likeness (QED) is 0.562. The van der Waals surface area contributed by atoms with Crippen molar-refractivity contribution < 1.29 is 9.90 Å². The number of isocyanates is 1. The van der Waals surface area contributed by atoms with E-state index in [0.29, 0.717) is 0 Å². The zero-order valence-corrected chi connectivity index (χ0v) is 8.66. The molecule has 0 aliphatic heterocycles. The van der Waals surface area contributed by atoms with Gasteiger partial charge in [-0.25, -0.2) is 4.79 Å². The first-order chi connectivity index (χ1) is 7.15. The van der Waals surface area contributed by atoms with E-state index in [9.17, 15) is 9.90 Å². The zero-order valence-electron chi connectivity index (χ0n) is 8.66. The molecule has 1 N–H and O–H groups in total. The number of aryl methyl sites for hydroxylation is 1. The van der Waals surface area contributed by atoms with Gasteiger partial charge in [-0.2, -0.15) is 4.99 Å². The fraction of sp³-hybridized carbons (Fsp3) is 0.417. The molecule has 3 nitrogen and oxygen atoms in total. The number of benzene rings is 1. The summed E-state index contributed by atoms with van der Waals surface area (Å²) in [5.74, 6) is 0.271. The molecule has 1 aromatic carbocycles. The highest BCUT2D eigenvalue weighted by Crippen LogP contribution is 2.39. The molecular formula is C12H13NO2. The lowest BCUT2D eigenvalue weighted by Gasteiger charge is -2.31. The number of fused-ring (bicyclic) bond motifs is 1. The number of rotatable bonds is 1. The summed E-state index contributed by atoms with van der Waals surface area (Å²) < 4.78 is 0. The van der Waals surface area contributed by atoms with Crippen LogP contribution < -0.4 is 0 Å². The lowest BCUT2D eigenvalue weighted by molar-refractivity contribution is 0.405. The molecule has 0 saturated heterocycles. The zero-order chi connectivity index (χ0) is 10.9. The Morgan fingerprint density at radius 1 is 1.53 bits per heavy atom. The second-order valence-corrected chi connectivity index (χ2v) is 4.17. The van der Waals surface area contributed by atoms with Gasteiger partial charge in [0.2, 0.25) is 6.08 Å². The molecule has 0 spiro atoms. The minimum Gasteiger partial charge on any atom is -0.508 e. The van der Waals surface area contributed by atoms with Crippen molar-refractivity contribution in [1.29, 1.82) is 0 Å². The van der Waals surface area contributed by atoms with Gasteiger partial charge in [0, 0.05) is 0 Å². The average molecular weight is 203 g/mol. The van der Waals surface area contributed by atoms with E-state index in [0.717, 1.165) is 30.4 Å². The lowest BCUT2D eigenvalue weighted by atomic mass is 9.78. The van der Waals surface area contributed by atoms with Crippen molar-refractivity contribution in [3.05, 3.63) is 29.3 Å². The van der Waals surface area contributed by atoms with E-state index in [2.05, 4.69) is 4.99 Å². The third-order valence-corrected chi connectivity index (χ3v) is 3.07. The average Bonchev–Trinajstić information content (AvgIpc) is 2.17. The minimum absolute atomic E-state index is 0.271. The van der Waals surface area contributed by atoms with Gasteiger partial charge in [-0.3, -0.25) is 0 Å². The molecule has 1 unspecified atom stereocenters. The summed E-state index contributed by atoms with van der Waals surface area (Å²) in [5.41, 5.74) is 1.67. The number of hydrogen-bond acceptors (Lipinski definition) is 3. The van der Waals surface area contributed by atoms with Crippen molar-refractivity contribution in [2.24, 2.45) is 4.99 Å². The van der Waals surface area contributed by atoms with E-state index in [1.54, 1.807) is 18.2 Å². The molecule has 3 heteroatoms. The van der Waals surface area contributed by atoms with Crippen molar-refractivity contribution in [3.8, 4) is 5.75 Å². The van der Waals surface area contributed by atoms with Crippen LogP contribution in [-0.2, 0) is 16.8 Å². The second-order valence-electron chi connectivity index (χ2n) is 4.17. The van der Waals surface area contributed by atoms with Crippen LogP contribution in [0.5, 0.6) is 5.75 Å². The summed E-state index contributed by atoms with van der Waals surface area (Å²) in [4.78, 5) is 14.3. The highest BCUT2D eigenvalue weighted by Gasteiger charge is 2.31. The summed E-state index contributed by atoms with van der Waals surface area (Å²) in [6, 6.07) is 5.25. The second kappa shape index (κ2) is 3.52. The smallest absolute Gasteiger partial charge is 0.235 e. The predicted molar refractivity (Wildman–Crippen MR) is 56.5 cm³/mol. The Morgan fingerprint density at radius 2 is 2.33 bits per heavy atom. The minimum atomic E-state index is -0.455. The summed E-state index contributed by atoms with van der Waals surface area (Å²) in [6.07, 6.45) is 4.43. The maximum absolute atomic E-state index is 10.4. The van der Waals surface area contributed by atoms with Gasteiger partial charge in [0.15, 0.2) is 0 Å². The molecule has 1 atom stereocenters. The molecule has 2 rings (SSSR count). The lowest BCUT2D eigenvalue weighted by Crippen LogP contribution is -2.25. The number of aliphatic imine (C=N–C) groups is 1. The number of carbonyl (C=O) groups excluding carboxylic acids is 1. The van der Waals surface area contributed by atoms with E-state index in [4.69, 9.17) is 0 Å². The summed E-state index contributed by atoms with van der Waals surface area (Å²) in [7, 11) is 0. The van der Waals surface area contributed by atoms with Gasteiger partial charge >= 0.3 is 0 Å². The largest absolute Gasteiger partial charge is 0.508 e. The summed E-state index contributed by atoms with van der Waals surface area (Å²) in [5, 5.41) is 9.38. The van der Waals surface area contributed by atoms with Crippen LogP contribution in [0.4, 0.5) is 0 Å².